The molecule has 3 aromatic rings. The molecule has 0 spiro atoms. The van der Waals surface area contributed by atoms with Gasteiger partial charge in [0.1, 0.15) is 11.6 Å². The van der Waals surface area contributed by atoms with Gasteiger partial charge in [0.15, 0.2) is 11.6 Å². The Bertz CT molecular complexity index is 900. The van der Waals surface area contributed by atoms with Crippen molar-refractivity contribution in [2.24, 2.45) is 0 Å². The lowest BCUT2D eigenvalue weighted by atomic mass is 10.2. The van der Waals surface area contributed by atoms with Gasteiger partial charge >= 0.3 is 0 Å². The predicted molar refractivity (Wildman–Crippen MR) is 89.4 cm³/mol. The third-order valence-corrected chi connectivity index (χ3v) is 4.24. The minimum atomic E-state index is -0.179. The first-order chi connectivity index (χ1) is 12.1. The van der Waals surface area contributed by atoms with Crippen molar-refractivity contribution in [3.8, 4) is 11.7 Å². The van der Waals surface area contributed by atoms with Crippen LogP contribution in [0.25, 0.3) is 0 Å². The number of furan rings is 1. The molecule has 1 aliphatic heterocycles. The number of rotatable bonds is 3. The molecular weight excluding hydrogens is 320 g/mol. The summed E-state index contributed by atoms with van der Waals surface area (Å²) < 4.78 is 13.3. The molecule has 7 heteroatoms. The fourth-order valence-electron chi connectivity index (χ4n) is 3.14. The van der Waals surface area contributed by atoms with Crippen LogP contribution >= 0.6 is 0 Å². The normalized spacial score (nSPS) is 16.6. The second kappa shape index (κ2) is 6.08. The lowest BCUT2D eigenvalue weighted by Crippen LogP contribution is -2.40. The van der Waals surface area contributed by atoms with E-state index in [4.69, 9.17) is 9.15 Å². The molecule has 2 aromatic heterocycles. The molecule has 0 unspecified atom stereocenters. The minimum Gasteiger partial charge on any atom is -0.426 e. The molecular formula is C18H18N4O3. The van der Waals surface area contributed by atoms with Crippen molar-refractivity contribution in [1.29, 1.82) is 0 Å². The molecule has 0 N–H and O–H groups in total. The highest BCUT2D eigenvalue weighted by molar-refractivity contribution is 5.91. The predicted octanol–water partition coefficient (Wildman–Crippen LogP) is 3.19. The van der Waals surface area contributed by atoms with E-state index in [0.29, 0.717) is 24.8 Å². The summed E-state index contributed by atoms with van der Waals surface area (Å²) in [4.78, 5) is 14.5. The summed E-state index contributed by atoms with van der Waals surface area (Å²) in [6, 6.07) is 12.7. The van der Waals surface area contributed by atoms with Gasteiger partial charge in [0.2, 0.25) is 0 Å². The van der Waals surface area contributed by atoms with Crippen LogP contribution in [0.2, 0.25) is 0 Å². The van der Waals surface area contributed by atoms with E-state index in [0.717, 1.165) is 11.6 Å². The largest absolute Gasteiger partial charge is 0.426 e. The van der Waals surface area contributed by atoms with Crippen LogP contribution < -0.4 is 4.74 Å². The lowest BCUT2D eigenvalue weighted by molar-refractivity contribution is 0.0643. The van der Waals surface area contributed by atoms with E-state index in [-0.39, 0.29) is 17.7 Å². The first-order valence-electron chi connectivity index (χ1n) is 8.14. The molecule has 0 saturated carbocycles. The van der Waals surface area contributed by atoms with Crippen molar-refractivity contribution in [3.63, 3.8) is 0 Å². The van der Waals surface area contributed by atoms with Crippen molar-refractivity contribution in [2.75, 3.05) is 6.54 Å². The Morgan fingerprint density at radius 1 is 1.20 bits per heavy atom. The van der Waals surface area contributed by atoms with Crippen LogP contribution in [0.4, 0.5) is 0 Å². The second-order valence-electron chi connectivity index (χ2n) is 6.10. The highest BCUT2D eigenvalue weighted by atomic mass is 16.6. The van der Waals surface area contributed by atoms with Crippen molar-refractivity contribution in [2.45, 2.75) is 26.4 Å². The molecule has 1 aromatic carbocycles. The van der Waals surface area contributed by atoms with Crippen LogP contribution in [0.5, 0.6) is 11.7 Å². The Kier molecular flexibility index (Phi) is 3.76. The Morgan fingerprint density at radius 2 is 2.00 bits per heavy atom. The summed E-state index contributed by atoms with van der Waals surface area (Å²) in [5, 5.41) is 8.26. The fourth-order valence-corrected chi connectivity index (χ4v) is 3.14. The zero-order chi connectivity index (χ0) is 17.4. The van der Waals surface area contributed by atoms with Gasteiger partial charge in [-0.1, -0.05) is 18.2 Å². The maximum Gasteiger partial charge on any atom is 0.290 e. The molecule has 1 amide bonds. The second-order valence-corrected chi connectivity index (χ2v) is 6.10. The number of fused-ring (bicyclic) bond motifs is 1. The van der Waals surface area contributed by atoms with Gasteiger partial charge in [-0.15, -0.1) is 10.2 Å². The smallest absolute Gasteiger partial charge is 0.290 e. The van der Waals surface area contributed by atoms with Gasteiger partial charge in [-0.05, 0) is 32.0 Å². The van der Waals surface area contributed by atoms with E-state index >= 15 is 0 Å². The third kappa shape index (κ3) is 2.88. The molecule has 1 atom stereocenters. The average Bonchev–Trinajstić information content (AvgIpc) is 3.22. The number of hydrogen-bond donors (Lipinski definition) is 0. The number of ether oxygens (including phenoxy) is 1. The van der Waals surface area contributed by atoms with E-state index in [1.165, 1.54) is 0 Å². The average molecular weight is 338 g/mol. The van der Waals surface area contributed by atoms with Crippen LogP contribution in [0, 0.1) is 6.92 Å². The monoisotopic (exact) mass is 338 g/mol. The van der Waals surface area contributed by atoms with Gasteiger partial charge in [-0.25, -0.2) is 0 Å². The molecule has 4 rings (SSSR count). The van der Waals surface area contributed by atoms with Crippen LogP contribution in [-0.2, 0) is 6.54 Å². The van der Waals surface area contributed by atoms with Crippen molar-refractivity contribution in [3.05, 3.63) is 59.9 Å². The van der Waals surface area contributed by atoms with Gasteiger partial charge in [-0.2, -0.15) is 0 Å². The van der Waals surface area contributed by atoms with E-state index in [1.807, 2.05) is 44.2 Å². The van der Waals surface area contributed by atoms with Gasteiger partial charge in [-0.3, -0.25) is 4.79 Å². The van der Waals surface area contributed by atoms with Crippen LogP contribution in [0.3, 0.4) is 0 Å². The number of para-hydroxylation sites is 1. The van der Waals surface area contributed by atoms with Gasteiger partial charge in [0.05, 0.1) is 12.6 Å². The van der Waals surface area contributed by atoms with Crippen molar-refractivity contribution >= 4 is 5.91 Å². The molecule has 25 heavy (non-hydrogen) atoms. The highest BCUT2D eigenvalue weighted by Gasteiger charge is 2.30. The molecule has 128 valence electrons. The number of amides is 1. The van der Waals surface area contributed by atoms with Crippen LogP contribution in [0.1, 0.15) is 35.2 Å². The SMILES string of the molecule is Cc1nnc2n1[C@@H](C)CN(C(=O)c1ccc(Oc3ccccc3)o1)C2. The van der Waals surface area contributed by atoms with E-state index in [9.17, 15) is 4.79 Å². The number of carbonyl (C=O) groups is 1. The van der Waals surface area contributed by atoms with E-state index in [2.05, 4.69) is 14.8 Å². The topological polar surface area (TPSA) is 73.4 Å². The van der Waals surface area contributed by atoms with E-state index in [1.54, 1.807) is 17.0 Å². The molecule has 7 nitrogen and oxygen atoms in total. The van der Waals surface area contributed by atoms with E-state index < -0.39 is 0 Å². The summed E-state index contributed by atoms with van der Waals surface area (Å²) in [5.41, 5.74) is 0. The number of aromatic nitrogens is 3. The molecule has 0 aliphatic carbocycles. The lowest BCUT2D eigenvalue weighted by Gasteiger charge is -2.31. The van der Waals surface area contributed by atoms with Gasteiger partial charge < -0.3 is 18.6 Å². The first kappa shape index (κ1) is 15.4. The summed E-state index contributed by atoms with van der Waals surface area (Å²) in [5.74, 6) is 2.68. The summed E-state index contributed by atoms with van der Waals surface area (Å²) in [7, 11) is 0. The third-order valence-electron chi connectivity index (χ3n) is 4.24. The number of hydrogen-bond acceptors (Lipinski definition) is 5. The van der Waals surface area contributed by atoms with Crippen LogP contribution in [-0.4, -0.2) is 32.1 Å². The molecule has 0 radical (unpaired) electrons. The Morgan fingerprint density at radius 3 is 2.80 bits per heavy atom. The van der Waals surface area contributed by atoms with Crippen molar-refractivity contribution in [1.82, 2.24) is 19.7 Å². The molecule has 0 bridgehead atoms. The summed E-state index contributed by atoms with van der Waals surface area (Å²) in [6.07, 6.45) is 0. The molecule has 0 fully saturated rings. The number of nitrogens with zero attached hydrogens (tertiary/aromatic N) is 4. The molecule has 1 aliphatic rings. The Balaban J connectivity index is 1.50. The number of carbonyl (C=O) groups excluding carboxylic acids is 1. The maximum atomic E-state index is 12.7. The minimum absolute atomic E-state index is 0.123. The highest BCUT2D eigenvalue weighted by Crippen LogP contribution is 2.26. The Labute approximate surface area is 144 Å². The summed E-state index contributed by atoms with van der Waals surface area (Å²) in [6.45, 7) is 4.97. The zero-order valence-electron chi connectivity index (χ0n) is 14.0. The van der Waals surface area contributed by atoms with Crippen LogP contribution in [0.15, 0.2) is 46.9 Å². The molecule has 3 heterocycles. The van der Waals surface area contributed by atoms with Gasteiger partial charge in [0, 0.05) is 12.6 Å². The fraction of sp³-hybridized carbons (Fsp3) is 0.278. The Hall–Kier alpha value is -3.09. The zero-order valence-corrected chi connectivity index (χ0v) is 14.0. The summed E-state index contributed by atoms with van der Waals surface area (Å²) >= 11 is 0. The molecule has 0 saturated heterocycles. The standard InChI is InChI=1S/C18H18N4O3/c1-12-10-21(11-16-20-19-13(2)22(12)16)18(23)15-8-9-17(25-15)24-14-6-4-3-5-7-14/h3-9,12H,10-11H2,1-2H3/t12-/m0/s1. The maximum absolute atomic E-state index is 12.7. The van der Waals surface area contributed by atoms with Crippen molar-refractivity contribution < 1.29 is 13.9 Å². The number of aryl methyl sites for hydroxylation is 1. The van der Waals surface area contributed by atoms with Gasteiger partial charge in [0.25, 0.3) is 11.9 Å². The quantitative estimate of drug-likeness (QED) is 0.733. The number of benzene rings is 1. The first-order valence-corrected chi connectivity index (χ1v) is 8.14.